The third kappa shape index (κ3) is 1.95. The van der Waals surface area contributed by atoms with Crippen LogP contribution < -0.4 is 4.90 Å². The van der Waals surface area contributed by atoms with Crippen molar-refractivity contribution < 1.29 is 9.90 Å². The summed E-state index contributed by atoms with van der Waals surface area (Å²) >= 11 is 0. The number of benzene rings is 1. The Balaban J connectivity index is 2.46. The first-order valence-corrected chi connectivity index (χ1v) is 5.89. The first kappa shape index (κ1) is 12.2. The zero-order valence-electron chi connectivity index (χ0n) is 10.1. The second-order valence-corrected chi connectivity index (χ2v) is 4.21. The average molecular weight is 242 g/mol. The summed E-state index contributed by atoms with van der Waals surface area (Å²) in [4.78, 5) is 13.8. The molecule has 1 N–H and O–H groups in total. The first-order chi connectivity index (χ1) is 8.69. The number of hydrogen-bond donors (Lipinski definition) is 1. The summed E-state index contributed by atoms with van der Waals surface area (Å²) in [5.74, 6) is -0.513. The van der Waals surface area contributed by atoms with Crippen molar-refractivity contribution in [1.82, 2.24) is 0 Å². The molecule has 0 spiro atoms. The molecule has 0 aromatic heterocycles. The Labute approximate surface area is 106 Å². The molecule has 1 atom stereocenters. The molecule has 0 saturated carbocycles. The Hall–Kier alpha value is -2.28. The van der Waals surface area contributed by atoms with Crippen LogP contribution in [0.1, 0.15) is 19.8 Å². The summed E-state index contributed by atoms with van der Waals surface area (Å²) in [5, 5.41) is 18.7. The molecule has 92 valence electrons. The van der Waals surface area contributed by atoms with Gasteiger partial charge in [-0.05, 0) is 18.6 Å². The lowest BCUT2D eigenvalue weighted by Gasteiger charge is -2.34. The van der Waals surface area contributed by atoms with Gasteiger partial charge in [0.25, 0.3) is 5.91 Å². The van der Waals surface area contributed by atoms with Crippen molar-refractivity contribution in [3.63, 3.8) is 0 Å². The summed E-state index contributed by atoms with van der Waals surface area (Å²) in [6.45, 7) is 1.96. The largest absolute Gasteiger partial charge is 0.511 e. The van der Waals surface area contributed by atoms with E-state index in [2.05, 4.69) is 0 Å². The van der Waals surface area contributed by atoms with Gasteiger partial charge in [0.15, 0.2) is 5.57 Å². The van der Waals surface area contributed by atoms with Crippen LogP contribution in [0.5, 0.6) is 0 Å². The van der Waals surface area contributed by atoms with Gasteiger partial charge in [-0.15, -0.1) is 0 Å². The van der Waals surface area contributed by atoms with Crippen LogP contribution >= 0.6 is 0 Å². The van der Waals surface area contributed by atoms with Gasteiger partial charge in [-0.3, -0.25) is 4.79 Å². The molecule has 1 aromatic rings. The quantitative estimate of drug-likeness (QED) is 0.866. The number of nitrogens with zero attached hydrogens (tertiary/aromatic N) is 2. The van der Waals surface area contributed by atoms with E-state index in [4.69, 9.17) is 5.26 Å². The van der Waals surface area contributed by atoms with Crippen molar-refractivity contribution in [2.75, 3.05) is 4.90 Å². The van der Waals surface area contributed by atoms with Gasteiger partial charge in [0.2, 0.25) is 0 Å². The zero-order chi connectivity index (χ0) is 13.1. The van der Waals surface area contributed by atoms with E-state index in [1.165, 1.54) is 0 Å². The molecular formula is C14H14N2O2. The summed E-state index contributed by atoms with van der Waals surface area (Å²) in [6.07, 6.45) is 1.06. The average Bonchev–Trinajstić information content (AvgIpc) is 2.39. The fourth-order valence-corrected chi connectivity index (χ4v) is 2.18. The molecule has 18 heavy (non-hydrogen) atoms. The van der Waals surface area contributed by atoms with Gasteiger partial charge in [0, 0.05) is 18.2 Å². The number of anilines is 1. The lowest BCUT2D eigenvalue weighted by atomic mass is 9.97. The molecule has 2 rings (SSSR count). The van der Waals surface area contributed by atoms with E-state index in [-0.39, 0.29) is 17.4 Å². The van der Waals surface area contributed by atoms with Crippen molar-refractivity contribution in [1.29, 1.82) is 5.26 Å². The molecule has 0 saturated heterocycles. The van der Waals surface area contributed by atoms with Crippen molar-refractivity contribution in [3.8, 4) is 6.07 Å². The van der Waals surface area contributed by atoms with Crippen LogP contribution in [0.4, 0.5) is 5.69 Å². The Bertz CT molecular complexity index is 528. The summed E-state index contributed by atoms with van der Waals surface area (Å²) in [7, 11) is 0. The number of amides is 1. The molecule has 1 amide bonds. The van der Waals surface area contributed by atoms with E-state index in [0.717, 1.165) is 12.1 Å². The van der Waals surface area contributed by atoms with Crippen molar-refractivity contribution >= 4 is 11.6 Å². The molecule has 0 fully saturated rings. The summed E-state index contributed by atoms with van der Waals surface area (Å²) in [5.41, 5.74) is 0.609. The minimum absolute atomic E-state index is 0.0958. The van der Waals surface area contributed by atoms with E-state index in [9.17, 15) is 9.90 Å². The van der Waals surface area contributed by atoms with E-state index < -0.39 is 5.91 Å². The van der Waals surface area contributed by atoms with Gasteiger partial charge >= 0.3 is 0 Å². The highest BCUT2D eigenvalue weighted by Gasteiger charge is 2.34. The monoisotopic (exact) mass is 242 g/mol. The number of aliphatic hydroxyl groups is 1. The maximum Gasteiger partial charge on any atom is 0.272 e. The Morgan fingerprint density at radius 3 is 2.67 bits per heavy atom. The first-order valence-electron chi connectivity index (χ1n) is 5.89. The number of rotatable bonds is 2. The number of hydrogen-bond acceptors (Lipinski definition) is 3. The SMILES string of the molecule is CCC1CC(O)=C(C#N)C(=O)N1c1ccccc1. The van der Waals surface area contributed by atoms with Crippen LogP contribution in [-0.4, -0.2) is 17.1 Å². The molecule has 4 heteroatoms. The third-order valence-corrected chi connectivity index (χ3v) is 3.13. The van der Waals surface area contributed by atoms with Gasteiger partial charge in [0.05, 0.1) is 0 Å². The molecule has 1 aliphatic heterocycles. The van der Waals surface area contributed by atoms with Crippen LogP contribution in [0.25, 0.3) is 0 Å². The highest BCUT2D eigenvalue weighted by molar-refractivity contribution is 6.09. The van der Waals surface area contributed by atoms with Crippen molar-refractivity contribution in [3.05, 3.63) is 41.7 Å². The number of nitriles is 1. The molecule has 0 aliphatic carbocycles. The van der Waals surface area contributed by atoms with Crippen molar-refractivity contribution in [2.45, 2.75) is 25.8 Å². The smallest absolute Gasteiger partial charge is 0.272 e. The van der Waals surface area contributed by atoms with Crippen LogP contribution in [0.2, 0.25) is 0 Å². The predicted octanol–water partition coefficient (Wildman–Crippen LogP) is 2.54. The molecule has 4 nitrogen and oxygen atoms in total. The van der Waals surface area contributed by atoms with Gasteiger partial charge in [-0.2, -0.15) is 5.26 Å². The van der Waals surface area contributed by atoms with Crippen LogP contribution in [0.15, 0.2) is 41.7 Å². The minimum atomic E-state index is -0.417. The highest BCUT2D eigenvalue weighted by Crippen LogP contribution is 2.29. The summed E-state index contributed by atoms with van der Waals surface area (Å²) in [6, 6.07) is 10.9. The number of aliphatic hydroxyl groups excluding tert-OH is 1. The van der Waals surface area contributed by atoms with Crippen LogP contribution in [0, 0.1) is 11.3 Å². The Morgan fingerprint density at radius 2 is 2.11 bits per heavy atom. The van der Waals surface area contributed by atoms with Gasteiger partial charge in [-0.25, -0.2) is 0 Å². The maximum atomic E-state index is 12.2. The van der Waals surface area contributed by atoms with E-state index in [0.29, 0.717) is 6.42 Å². The van der Waals surface area contributed by atoms with Crippen LogP contribution in [0.3, 0.4) is 0 Å². The van der Waals surface area contributed by atoms with Gasteiger partial charge < -0.3 is 10.0 Å². The molecule has 1 heterocycles. The Kier molecular flexibility index (Phi) is 3.33. The fourth-order valence-electron chi connectivity index (χ4n) is 2.18. The lowest BCUT2D eigenvalue weighted by molar-refractivity contribution is -0.116. The van der Waals surface area contributed by atoms with Gasteiger partial charge in [-0.1, -0.05) is 25.1 Å². The molecule has 0 radical (unpaired) electrons. The van der Waals surface area contributed by atoms with Crippen LogP contribution in [-0.2, 0) is 4.79 Å². The highest BCUT2D eigenvalue weighted by atomic mass is 16.3. The van der Waals surface area contributed by atoms with E-state index in [1.807, 2.05) is 37.3 Å². The Morgan fingerprint density at radius 1 is 1.44 bits per heavy atom. The molecule has 1 aromatic carbocycles. The fraction of sp³-hybridized carbons (Fsp3) is 0.286. The normalized spacial score (nSPS) is 19.9. The topological polar surface area (TPSA) is 64.3 Å². The standard InChI is InChI=1S/C14H14N2O2/c1-2-10-8-13(17)12(9-15)14(18)16(10)11-6-4-3-5-7-11/h3-7,10,17H,2,8H2,1H3. The maximum absolute atomic E-state index is 12.2. The van der Waals surface area contributed by atoms with Crippen molar-refractivity contribution in [2.24, 2.45) is 0 Å². The summed E-state index contributed by atoms with van der Waals surface area (Å²) < 4.78 is 0. The van der Waals surface area contributed by atoms with Gasteiger partial charge in [0.1, 0.15) is 11.8 Å². The van der Waals surface area contributed by atoms with E-state index in [1.54, 1.807) is 11.0 Å². The number of carbonyl (C=O) groups is 1. The molecule has 0 bridgehead atoms. The third-order valence-electron chi connectivity index (χ3n) is 3.13. The predicted molar refractivity (Wildman–Crippen MR) is 67.9 cm³/mol. The minimum Gasteiger partial charge on any atom is -0.511 e. The number of carbonyl (C=O) groups excluding carboxylic acids is 1. The molecule has 1 unspecified atom stereocenters. The molecular weight excluding hydrogens is 228 g/mol. The second-order valence-electron chi connectivity index (χ2n) is 4.21. The lowest BCUT2D eigenvalue weighted by Crippen LogP contribution is -2.44. The van der Waals surface area contributed by atoms with E-state index >= 15 is 0 Å². The molecule has 1 aliphatic rings. The number of para-hydroxylation sites is 1. The second kappa shape index (κ2) is 4.92. The zero-order valence-corrected chi connectivity index (χ0v) is 10.1.